The maximum Gasteiger partial charge on any atom is 0.285 e. The molecule has 0 aliphatic heterocycles. The third-order valence-corrected chi connectivity index (χ3v) is 6.10. The first-order valence-corrected chi connectivity index (χ1v) is 9.77. The Kier molecular flexibility index (Phi) is 4.47. The summed E-state index contributed by atoms with van der Waals surface area (Å²) in [6.07, 6.45) is 0. The minimum Gasteiger partial charge on any atom is -0.492 e. The number of thiazole rings is 1. The molecule has 0 spiro atoms. The Morgan fingerprint density at radius 1 is 1.17 bits per heavy atom. The van der Waals surface area contributed by atoms with Crippen molar-refractivity contribution >= 4 is 31.6 Å². The van der Waals surface area contributed by atoms with E-state index in [1.54, 1.807) is 35.9 Å². The molecule has 3 rings (SSSR count). The summed E-state index contributed by atoms with van der Waals surface area (Å²) in [5, 5.41) is 0. The lowest BCUT2D eigenvalue weighted by molar-refractivity contribution is 0.343. The molecular formula is C17H18N2O3S2. The first-order valence-electron chi connectivity index (χ1n) is 7.51. The first kappa shape index (κ1) is 16.7. The lowest BCUT2D eigenvalue weighted by Crippen LogP contribution is -2.14. The number of benzene rings is 2. The molecule has 0 fully saturated rings. The molecule has 0 saturated heterocycles. The third-order valence-electron chi connectivity index (χ3n) is 3.60. The van der Waals surface area contributed by atoms with Gasteiger partial charge in [0.1, 0.15) is 11.3 Å². The summed E-state index contributed by atoms with van der Waals surface area (Å²) in [5.74, 6) is 0.725. The van der Waals surface area contributed by atoms with Crippen LogP contribution in [-0.4, -0.2) is 19.6 Å². The van der Waals surface area contributed by atoms with Crippen LogP contribution in [0.25, 0.3) is 10.2 Å². The van der Waals surface area contributed by atoms with Crippen molar-refractivity contribution in [1.82, 2.24) is 4.57 Å². The molecule has 0 saturated carbocycles. The van der Waals surface area contributed by atoms with Gasteiger partial charge in [0.2, 0.25) is 4.80 Å². The van der Waals surface area contributed by atoms with Gasteiger partial charge in [-0.3, -0.25) is 0 Å². The highest BCUT2D eigenvalue weighted by Gasteiger charge is 2.15. The fourth-order valence-corrected chi connectivity index (χ4v) is 4.66. The third kappa shape index (κ3) is 3.09. The van der Waals surface area contributed by atoms with E-state index in [9.17, 15) is 8.42 Å². The van der Waals surface area contributed by atoms with E-state index in [4.69, 9.17) is 4.74 Å². The number of aryl methyl sites for hydroxylation is 2. The molecule has 24 heavy (non-hydrogen) atoms. The zero-order chi connectivity index (χ0) is 17.3. The molecule has 7 heteroatoms. The molecule has 0 amide bonds. The van der Waals surface area contributed by atoms with Gasteiger partial charge in [0.15, 0.2) is 0 Å². The number of hydrogen-bond acceptors (Lipinski definition) is 4. The van der Waals surface area contributed by atoms with Gasteiger partial charge in [-0.25, -0.2) is 0 Å². The highest BCUT2D eigenvalue weighted by Crippen LogP contribution is 2.27. The highest BCUT2D eigenvalue weighted by molar-refractivity contribution is 7.90. The quantitative estimate of drug-likeness (QED) is 0.716. The average Bonchev–Trinajstić information content (AvgIpc) is 2.85. The van der Waals surface area contributed by atoms with Crippen LogP contribution in [0, 0.1) is 6.92 Å². The molecule has 126 valence electrons. The van der Waals surface area contributed by atoms with E-state index < -0.39 is 10.0 Å². The standard InChI is InChI=1S/C17H18N2O3S2/c1-4-22-14-6-5-7-15-16(14)19(3)17(23-15)18-24(20,21)13-10-8-12(2)9-11-13/h5-11H,4H2,1-3H3. The number of hydrogen-bond donors (Lipinski definition) is 0. The van der Waals surface area contributed by atoms with Gasteiger partial charge in [0, 0.05) is 7.05 Å². The van der Waals surface area contributed by atoms with Crippen molar-refractivity contribution in [2.24, 2.45) is 11.4 Å². The molecule has 0 N–H and O–H groups in total. The maximum atomic E-state index is 12.5. The summed E-state index contributed by atoms with van der Waals surface area (Å²) in [6.45, 7) is 4.37. The van der Waals surface area contributed by atoms with E-state index in [1.807, 2.05) is 32.0 Å². The van der Waals surface area contributed by atoms with Gasteiger partial charge in [-0.2, -0.15) is 8.42 Å². The Labute approximate surface area is 144 Å². The van der Waals surface area contributed by atoms with Crippen LogP contribution in [0.5, 0.6) is 5.75 Å². The second kappa shape index (κ2) is 6.41. The van der Waals surface area contributed by atoms with Gasteiger partial charge >= 0.3 is 0 Å². The van der Waals surface area contributed by atoms with Gasteiger partial charge in [-0.15, -0.1) is 4.40 Å². The number of rotatable bonds is 4. The molecule has 5 nitrogen and oxygen atoms in total. The van der Waals surface area contributed by atoms with E-state index in [2.05, 4.69) is 4.40 Å². The number of sulfonamides is 1. The fourth-order valence-electron chi connectivity index (χ4n) is 2.40. The smallest absolute Gasteiger partial charge is 0.285 e. The Balaban J connectivity index is 2.18. The Morgan fingerprint density at radius 2 is 1.88 bits per heavy atom. The van der Waals surface area contributed by atoms with Crippen molar-refractivity contribution in [2.75, 3.05) is 6.61 Å². The van der Waals surface area contributed by atoms with Crippen LogP contribution >= 0.6 is 11.3 Å². The summed E-state index contributed by atoms with van der Waals surface area (Å²) in [6, 6.07) is 12.4. The lowest BCUT2D eigenvalue weighted by atomic mass is 10.2. The van der Waals surface area contributed by atoms with Crippen molar-refractivity contribution in [2.45, 2.75) is 18.7 Å². The van der Waals surface area contributed by atoms with Gasteiger partial charge in [0.05, 0.1) is 16.2 Å². The molecule has 0 aliphatic rings. The average molecular weight is 362 g/mol. The van der Waals surface area contributed by atoms with E-state index in [0.29, 0.717) is 11.4 Å². The van der Waals surface area contributed by atoms with E-state index in [0.717, 1.165) is 21.5 Å². The van der Waals surface area contributed by atoms with E-state index in [1.165, 1.54) is 11.3 Å². The molecule has 0 radical (unpaired) electrons. The predicted molar refractivity (Wildman–Crippen MR) is 95.9 cm³/mol. The molecule has 3 aromatic rings. The molecule has 2 aromatic carbocycles. The number of nitrogens with zero attached hydrogens (tertiary/aromatic N) is 2. The van der Waals surface area contributed by atoms with Crippen molar-refractivity contribution in [1.29, 1.82) is 0 Å². The van der Waals surface area contributed by atoms with E-state index in [-0.39, 0.29) is 4.90 Å². The van der Waals surface area contributed by atoms with Gasteiger partial charge in [-0.05, 0) is 38.1 Å². The number of aromatic nitrogens is 1. The summed E-state index contributed by atoms with van der Waals surface area (Å²) in [7, 11) is -1.96. The molecule has 0 unspecified atom stereocenters. The van der Waals surface area contributed by atoms with Crippen molar-refractivity contribution < 1.29 is 13.2 Å². The first-order chi connectivity index (χ1) is 11.4. The monoisotopic (exact) mass is 362 g/mol. The normalized spacial score (nSPS) is 12.7. The Bertz CT molecular complexity index is 1050. The highest BCUT2D eigenvalue weighted by atomic mass is 32.2. The van der Waals surface area contributed by atoms with Gasteiger partial charge < -0.3 is 9.30 Å². The van der Waals surface area contributed by atoms with Crippen molar-refractivity contribution in [3.05, 3.63) is 52.8 Å². The van der Waals surface area contributed by atoms with Gasteiger partial charge in [0.25, 0.3) is 10.0 Å². The maximum absolute atomic E-state index is 12.5. The van der Waals surface area contributed by atoms with E-state index >= 15 is 0 Å². The van der Waals surface area contributed by atoms with Crippen LogP contribution in [0.1, 0.15) is 12.5 Å². The van der Waals surface area contributed by atoms with Crippen LogP contribution < -0.4 is 9.54 Å². The summed E-state index contributed by atoms with van der Waals surface area (Å²) >= 11 is 1.33. The summed E-state index contributed by atoms with van der Waals surface area (Å²) in [5.41, 5.74) is 1.85. The predicted octanol–water partition coefficient (Wildman–Crippen LogP) is 3.24. The minimum atomic E-state index is -3.75. The van der Waals surface area contributed by atoms with Gasteiger partial charge in [-0.1, -0.05) is 35.1 Å². The second-order valence-corrected chi connectivity index (χ2v) is 7.97. The molecule has 1 heterocycles. The largest absolute Gasteiger partial charge is 0.492 e. The summed E-state index contributed by atoms with van der Waals surface area (Å²) in [4.78, 5) is 0.605. The summed E-state index contributed by atoms with van der Waals surface area (Å²) < 4.78 is 37.5. The molecular weight excluding hydrogens is 344 g/mol. The Morgan fingerprint density at radius 3 is 2.54 bits per heavy atom. The van der Waals surface area contributed by atoms with Crippen molar-refractivity contribution in [3.8, 4) is 5.75 Å². The van der Waals surface area contributed by atoms with Crippen molar-refractivity contribution in [3.63, 3.8) is 0 Å². The zero-order valence-corrected chi connectivity index (χ0v) is 15.3. The van der Waals surface area contributed by atoms with Crippen LogP contribution in [-0.2, 0) is 17.1 Å². The Hall–Kier alpha value is -2.12. The molecule has 0 bridgehead atoms. The minimum absolute atomic E-state index is 0.190. The molecule has 0 aliphatic carbocycles. The molecule has 0 atom stereocenters. The number of para-hydroxylation sites is 1. The van der Waals surface area contributed by atoms with Crippen LogP contribution in [0.2, 0.25) is 0 Å². The van der Waals surface area contributed by atoms with Crippen LogP contribution in [0.4, 0.5) is 0 Å². The number of ether oxygens (including phenoxy) is 1. The topological polar surface area (TPSA) is 60.7 Å². The number of fused-ring (bicyclic) bond motifs is 1. The zero-order valence-electron chi connectivity index (χ0n) is 13.7. The fraction of sp³-hybridized carbons (Fsp3) is 0.235. The van der Waals surface area contributed by atoms with Crippen LogP contribution in [0.15, 0.2) is 51.8 Å². The second-order valence-electron chi connectivity index (χ2n) is 5.36. The molecule has 1 aromatic heterocycles. The lowest BCUT2D eigenvalue weighted by Gasteiger charge is -2.05. The van der Waals surface area contributed by atoms with Crippen LogP contribution in [0.3, 0.4) is 0 Å². The SMILES string of the molecule is CCOc1cccc2sc(=NS(=O)(=O)c3ccc(C)cc3)n(C)c12.